The van der Waals surface area contributed by atoms with E-state index in [1.165, 1.54) is 22.0 Å². The lowest BCUT2D eigenvalue weighted by molar-refractivity contribution is -0.885. The minimum Gasteiger partial charge on any atom is -0.747 e. The Hall–Kier alpha value is -2.30. The van der Waals surface area contributed by atoms with Gasteiger partial charge in [0, 0.05) is 0 Å². The number of hydrogen-bond donors (Lipinski definition) is 0. The van der Waals surface area contributed by atoms with Crippen LogP contribution in [-0.4, -0.2) is 54.5 Å². The van der Waals surface area contributed by atoms with E-state index in [9.17, 15) is 34.7 Å². The molecule has 0 aliphatic heterocycles. The lowest BCUT2D eigenvalue weighted by Gasteiger charge is -2.08. The molecule has 0 aliphatic carbocycles. The second-order valence-electron chi connectivity index (χ2n) is 4.54. The third-order valence-electron chi connectivity index (χ3n) is 2.31. The van der Waals surface area contributed by atoms with Crippen molar-refractivity contribution in [3.05, 3.63) is 37.4 Å². The average molecular weight is 436 g/mol. The molecule has 0 amide bonds. The summed E-state index contributed by atoms with van der Waals surface area (Å²) in [7, 11) is -5.00. The molecule has 0 saturated carbocycles. The first-order valence-electron chi connectivity index (χ1n) is 6.63. The molecule has 0 radical (unpaired) electrons. The van der Waals surface area contributed by atoms with Gasteiger partial charge in [-0.1, -0.05) is 0 Å². The molecule has 0 atom stereocenters. The molecule has 12 nitrogen and oxygen atoms in total. The molecule has 0 aliphatic rings. The van der Waals surface area contributed by atoms with Gasteiger partial charge in [0.15, 0.2) is 12.4 Å². The number of aryl methyl sites for hydroxylation is 1. The summed E-state index contributed by atoms with van der Waals surface area (Å²) in [5, 5.41) is -1.88. The van der Waals surface area contributed by atoms with Crippen LogP contribution < -0.4 is 19.0 Å². The summed E-state index contributed by atoms with van der Waals surface area (Å²) in [5.74, 6) is 0. The predicted octanol–water partition coefficient (Wildman–Crippen LogP) is -2.37. The summed E-state index contributed by atoms with van der Waals surface area (Å²) in [5.41, 5.74) is 0. The Bertz CT molecular complexity index is 847. The zero-order valence-corrected chi connectivity index (χ0v) is 16.0. The van der Waals surface area contributed by atoms with Crippen LogP contribution >= 0.6 is 0 Å². The largest absolute Gasteiger partial charge is 0.747 e. The molecule has 0 spiro atoms. The summed E-state index contributed by atoms with van der Waals surface area (Å²) >= 11 is 0. The topological polar surface area (TPSA) is 150 Å². The van der Waals surface area contributed by atoms with Gasteiger partial charge in [0.25, 0.3) is 0 Å². The van der Waals surface area contributed by atoms with Crippen LogP contribution in [0.1, 0.15) is 6.55 Å². The minimum absolute atomic E-state index is 0.833. The predicted molar refractivity (Wildman–Crippen MR) is 80.8 cm³/mol. The molecule has 0 N–H and O–H groups in total. The first kappa shape index (κ1) is 24.7. The highest BCUT2D eigenvalue weighted by atomic mass is 32.3. The van der Waals surface area contributed by atoms with E-state index in [4.69, 9.17) is 9.68 Å². The van der Waals surface area contributed by atoms with E-state index in [1.54, 1.807) is 50.8 Å². The molecule has 2 aromatic heterocycles. The van der Waals surface area contributed by atoms with E-state index in [2.05, 4.69) is 0 Å². The second kappa shape index (κ2) is 10.8. The fraction of sp³-hybridized carbons (Fsp3) is 0.455. The van der Waals surface area contributed by atoms with Crippen molar-refractivity contribution in [2.45, 2.75) is 6.55 Å². The Balaban J connectivity index is 0.000000376. The molecule has 0 aromatic carbocycles. The second-order valence-corrected chi connectivity index (χ2v) is 7.71. The third kappa shape index (κ3) is 12.7. The summed E-state index contributed by atoms with van der Waals surface area (Å²) in [6, 6.07) is 0. The number of rotatable bonds is 5. The Morgan fingerprint density at radius 1 is 1.04 bits per heavy atom. The van der Waals surface area contributed by atoms with Crippen molar-refractivity contribution >= 4 is 20.2 Å². The van der Waals surface area contributed by atoms with E-state index in [0.29, 0.717) is 0 Å². The number of hydrogen-bond acceptors (Lipinski definition) is 8. The van der Waals surface area contributed by atoms with Gasteiger partial charge in [0.2, 0.25) is 6.33 Å². The Morgan fingerprint density at radius 3 is 1.78 bits per heavy atom. The van der Waals surface area contributed by atoms with Crippen LogP contribution in [0.2, 0.25) is 0 Å². The van der Waals surface area contributed by atoms with Crippen LogP contribution in [-0.2, 0) is 27.3 Å². The first-order valence-corrected chi connectivity index (χ1v) is 9.79. The van der Waals surface area contributed by atoms with E-state index >= 15 is 0 Å². The van der Waals surface area contributed by atoms with Gasteiger partial charge in [0.05, 0.1) is 7.05 Å². The van der Waals surface area contributed by atoms with Gasteiger partial charge in [-0.15, -0.1) is 0 Å². The fourth-order valence-electron chi connectivity index (χ4n) is 1.30. The monoisotopic (exact) mass is 436 g/mol. The fourth-order valence-corrected chi connectivity index (χ4v) is 2.71. The standard InChI is InChI=1S/C5H7F2N2.C5H9N2O2.CH4O6S2/c1-8-2-3-9(4-8)5(6)7;1-8-6-3-4-7(5-6)9-2;2-8(3,4)1-9(5,6)7/h2-5H,1H3;3-5H,1-2H3;1H2,(H,2,3,4)(H,5,6,7)/q2*+1;/p-2. The SMILES string of the molecule is COn1cc[n+](OC)c1.Cn1cc[n+](C(F)F)c1.O=S(=O)([O-])CS(=O)(=O)[O-]. The highest BCUT2D eigenvalue weighted by Gasteiger charge is 2.10. The van der Waals surface area contributed by atoms with Crippen LogP contribution in [0.15, 0.2) is 37.4 Å². The summed E-state index contributed by atoms with van der Waals surface area (Å²) in [6.45, 7) is -2.42. The molecule has 0 saturated heterocycles. The van der Waals surface area contributed by atoms with E-state index in [1.807, 2.05) is 0 Å². The molecule has 16 heteroatoms. The van der Waals surface area contributed by atoms with Gasteiger partial charge in [0.1, 0.15) is 51.9 Å². The summed E-state index contributed by atoms with van der Waals surface area (Å²) in [4.78, 5) is 9.62. The molecular formula is C11H18F2N4O8S2. The molecule has 2 heterocycles. The number of aromatic nitrogens is 4. The number of nitrogens with zero attached hydrogens (tertiary/aromatic N) is 4. The van der Waals surface area contributed by atoms with E-state index in [0.717, 1.165) is 4.57 Å². The van der Waals surface area contributed by atoms with Crippen molar-refractivity contribution in [1.82, 2.24) is 9.30 Å². The molecule has 0 fully saturated rings. The maximum atomic E-state index is 11.7. The highest BCUT2D eigenvalue weighted by molar-refractivity contribution is 8.02. The van der Waals surface area contributed by atoms with Crippen LogP contribution in [0.25, 0.3) is 0 Å². The number of halogens is 2. The number of imidazole rings is 2. The summed E-state index contributed by atoms with van der Waals surface area (Å²) in [6.07, 6.45) is 9.36. The molecule has 2 aromatic rings. The van der Waals surface area contributed by atoms with Crippen LogP contribution in [0.5, 0.6) is 0 Å². The van der Waals surface area contributed by atoms with Crippen molar-refractivity contribution in [3.63, 3.8) is 0 Å². The van der Waals surface area contributed by atoms with Crippen molar-refractivity contribution in [1.29, 1.82) is 0 Å². The Labute approximate surface area is 154 Å². The quantitative estimate of drug-likeness (QED) is 0.373. The zero-order chi connectivity index (χ0) is 21.3. The molecule has 0 unspecified atom stereocenters. The van der Waals surface area contributed by atoms with Crippen LogP contribution in [0.3, 0.4) is 0 Å². The van der Waals surface area contributed by atoms with Gasteiger partial charge in [-0.2, -0.15) is 13.3 Å². The maximum Gasteiger partial charge on any atom is 0.387 e. The van der Waals surface area contributed by atoms with Crippen molar-refractivity contribution in [2.24, 2.45) is 7.05 Å². The lowest BCUT2D eigenvalue weighted by Crippen LogP contribution is -2.38. The highest BCUT2D eigenvalue weighted by Crippen LogP contribution is 1.96. The molecular weight excluding hydrogens is 418 g/mol. The van der Waals surface area contributed by atoms with Gasteiger partial charge in [-0.25, -0.2) is 21.4 Å². The van der Waals surface area contributed by atoms with Gasteiger partial charge >= 0.3 is 12.9 Å². The third-order valence-corrected chi connectivity index (χ3v) is 4.62. The normalized spacial score (nSPS) is 11.1. The first-order chi connectivity index (χ1) is 12.3. The molecule has 2 rings (SSSR count). The minimum atomic E-state index is -4.93. The summed E-state index contributed by atoms with van der Waals surface area (Å²) < 4.78 is 86.0. The van der Waals surface area contributed by atoms with Crippen molar-refractivity contribution in [3.8, 4) is 0 Å². The van der Waals surface area contributed by atoms with E-state index < -0.39 is 31.9 Å². The van der Waals surface area contributed by atoms with Crippen LogP contribution in [0, 0.1) is 0 Å². The van der Waals surface area contributed by atoms with Crippen molar-refractivity contribution < 1.29 is 53.7 Å². The number of alkyl halides is 2. The Morgan fingerprint density at radius 2 is 1.59 bits per heavy atom. The average Bonchev–Trinajstić information content (AvgIpc) is 3.13. The van der Waals surface area contributed by atoms with Crippen molar-refractivity contribution in [2.75, 3.05) is 19.3 Å². The molecule has 27 heavy (non-hydrogen) atoms. The zero-order valence-electron chi connectivity index (χ0n) is 14.4. The van der Waals surface area contributed by atoms with Crippen LogP contribution in [0.4, 0.5) is 8.78 Å². The lowest BCUT2D eigenvalue weighted by atomic mass is 10.9. The maximum absolute atomic E-state index is 11.7. The van der Waals surface area contributed by atoms with Gasteiger partial charge in [-0.05, 0) is 9.46 Å². The molecule has 0 bridgehead atoms. The smallest absolute Gasteiger partial charge is 0.387 e. The van der Waals surface area contributed by atoms with Gasteiger partial charge < -0.3 is 18.8 Å². The molecule has 156 valence electrons. The Kier molecular flexibility index (Phi) is 9.84. The van der Waals surface area contributed by atoms with Gasteiger partial charge in [-0.3, -0.25) is 0 Å². The van der Waals surface area contributed by atoms with E-state index in [-0.39, 0.29) is 0 Å².